The topological polar surface area (TPSA) is 96.6 Å². The van der Waals surface area contributed by atoms with E-state index in [2.05, 4.69) is 4.72 Å². The van der Waals surface area contributed by atoms with Gasteiger partial charge in [0.05, 0.1) is 5.92 Å². The van der Waals surface area contributed by atoms with Crippen LogP contribution in [0.2, 0.25) is 0 Å². The number of rotatable bonds is 4. The molecule has 0 amide bonds. The molecule has 0 radical (unpaired) electrons. The summed E-state index contributed by atoms with van der Waals surface area (Å²) in [4.78, 5) is 11.5. The van der Waals surface area contributed by atoms with Crippen molar-refractivity contribution in [1.29, 1.82) is 0 Å². The standard InChI is InChI=1S/C16H17NO5S/c1-9-7-15(10(2)22-9)23(20,21)17-14-8-13(16(18)19)11-5-3-4-6-12(11)14/h3-7,13-14,17H,8H2,1-2H3,(H,18,19)/t13-,14+/m0/s1. The Morgan fingerprint density at radius 1 is 1.26 bits per heavy atom. The first kappa shape index (κ1) is 15.8. The van der Waals surface area contributed by atoms with Crippen LogP contribution in [0, 0.1) is 13.8 Å². The normalized spacial score (nSPS) is 20.4. The van der Waals surface area contributed by atoms with Gasteiger partial charge in [0, 0.05) is 6.04 Å². The fourth-order valence-corrected chi connectivity index (χ4v) is 4.57. The number of aliphatic carboxylic acids is 1. The third-order valence-electron chi connectivity index (χ3n) is 4.10. The number of fused-ring (bicyclic) bond motifs is 1. The van der Waals surface area contributed by atoms with Gasteiger partial charge in [0.2, 0.25) is 10.0 Å². The number of furan rings is 1. The summed E-state index contributed by atoms with van der Waals surface area (Å²) >= 11 is 0. The summed E-state index contributed by atoms with van der Waals surface area (Å²) in [6, 6.07) is 7.93. The number of hydrogen-bond acceptors (Lipinski definition) is 4. The van der Waals surface area contributed by atoms with Gasteiger partial charge in [0.15, 0.2) is 0 Å². The van der Waals surface area contributed by atoms with Gasteiger partial charge >= 0.3 is 5.97 Å². The predicted molar refractivity (Wildman–Crippen MR) is 82.7 cm³/mol. The highest BCUT2D eigenvalue weighted by atomic mass is 32.2. The lowest BCUT2D eigenvalue weighted by atomic mass is 10.0. The number of carboxylic acids is 1. The molecule has 0 unspecified atom stereocenters. The van der Waals surface area contributed by atoms with Crippen molar-refractivity contribution < 1.29 is 22.7 Å². The van der Waals surface area contributed by atoms with Crippen LogP contribution in [0.5, 0.6) is 0 Å². The average molecular weight is 335 g/mol. The molecule has 2 N–H and O–H groups in total. The van der Waals surface area contributed by atoms with Gasteiger partial charge in [-0.2, -0.15) is 0 Å². The number of carbonyl (C=O) groups is 1. The quantitative estimate of drug-likeness (QED) is 0.895. The minimum Gasteiger partial charge on any atom is -0.481 e. The second-order valence-corrected chi connectivity index (χ2v) is 7.39. The number of benzene rings is 1. The van der Waals surface area contributed by atoms with Crippen LogP contribution in [-0.2, 0) is 14.8 Å². The second-order valence-electron chi connectivity index (χ2n) is 5.71. The molecule has 1 aliphatic rings. The molecule has 122 valence electrons. The van der Waals surface area contributed by atoms with Crippen LogP contribution in [0.1, 0.15) is 41.0 Å². The van der Waals surface area contributed by atoms with Crippen LogP contribution in [0.15, 0.2) is 39.6 Å². The molecule has 1 aromatic carbocycles. The van der Waals surface area contributed by atoms with Crippen molar-refractivity contribution >= 4 is 16.0 Å². The summed E-state index contributed by atoms with van der Waals surface area (Å²) in [5, 5.41) is 9.35. The van der Waals surface area contributed by atoms with Gasteiger partial charge in [-0.1, -0.05) is 24.3 Å². The maximum atomic E-state index is 12.6. The van der Waals surface area contributed by atoms with Crippen LogP contribution in [0.3, 0.4) is 0 Å². The molecule has 0 fully saturated rings. The zero-order valence-electron chi connectivity index (χ0n) is 12.7. The molecule has 0 bridgehead atoms. The first-order valence-electron chi connectivity index (χ1n) is 7.20. The Labute approximate surface area is 134 Å². The highest BCUT2D eigenvalue weighted by molar-refractivity contribution is 7.89. The molecule has 0 saturated carbocycles. The number of carboxylic acid groups (broad SMARTS) is 1. The first-order chi connectivity index (χ1) is 10.8. The molecule has 1 aromatic heterocycles. The summed E-state index contributed by atoms with van der Waals surface area (Å²) in [5.74, 6) is -0.824. The number of aryl methyl sites for hydroxylation is 2. The lowest BCUT2D eigenvalue weighted by molar-refractivity contribution is -0.138. The highest BCUT2D eigenvalue weighted by Crippen LogP contribution is 2.41. The molecule has 0 spiro atoms. The summed E-state index contributed by atoms with van der Waals surface area (Å²) in [7, 11) is -3.78. The Morgan fingerprint density at radius 3 is 2.48 bits per heavy atom. The summed E-state index contributed by atoms with van der Waals surface area (Å²) in [5.41, 5.74) is 1.37. The van der Waals surface area contributed by atoms with E-state index in [0.717, 1.165) is 0 Å². The Morgan fingerprint density at radius 2 is 1.91 bits per heavy atom. The number of nitrogens with one attached hydrogen (secondary N) is 1. The van der Waals surface area contributed by atoms with Gasteiger partial charge in [-0.25, -0.2) is 13.1 Å². The van der Waals surface area contributed by atoms with Gasteiger partial charge < -0.3 is 9.52 Å². The van der Waals surface area contributed by atoms with Gasteiger partial charge in [-0.05, 0) is 37.5 Å². The molecule has 2 aromatic rings. The molecule has 1 heterocycles. The molecule has 6 nitrogen and oxygen atoms in total. The van der Waals surface area contributed by atoms with Crippen LogP contribution >= 0.6 is 0 Å². The van der Waals surface area contributed by atoms with Crippen molar-refractivity contribution in [2.45, 2.75) is 37.1 Å². The van der Waals surface area contributed by atoms with Crippen LogP contribution in [0.25, 0.3) is 0 Å². The van der Waals surface area contributed by atoms with Gasteiger partial charge in [0.1, 0.15) is 16.4 Å². The monoisotopic (exact) mass is 335 g/mol. The molecular formula is C16H17NO5S. The smallest absolute Gasteiger partial charge is 0.311 e. The summed E-state index contributed by atoms with van der Waals surface area (Å²) in [6.45, 7) is 3.27. The largest absolute Gasteiger partial charge is 0.481 e. The second kappa shape index (κ2) is 5.50. The predicted octanol–water partition coefficient (Wildman–Crippen LogP) is 2.49. The van der Waals surface area contributed by atoms with Crippen molar-refractivity contribution in [2.75, 3.05) is 0 Å². The van der Waals surface area contributed by atoms with E-state index in [1.807, 2.05) is 0 Å². The van der Waals surface area contributed by atoms with E-state index in [9.17, 15) is 18.3 Å². The molecule has 7 heteroatoms. The molecule has 1 aliphatic carbocycles. The fourth-order valence-electron chi connectivity index (χ4n) is 3.11. The third-order valence-corrected chi connectivity index (χ3v) is 5.68. The minimum absolute atomic E-state index is 0.0891. The molecule has 23 heavy (non-hydrogen) atoms. The zero-order chi connectivity index (χ0) is 16.8. The van der Waals surface area contributed by atoms with E-state index in [1.54, 1.807) is 38.1 Å². The molecule has 3 rings (SSSR count). The van der Waals surface area contributed by atoms with Gasteiger partial charge in [-0.3, -0.25) is 4.79 Å². The lowest BCUT2D eigenvalue weighted by Crippen LogP contribution is -2.28. The highest BCUT2D eigenvalue weighted by Gasteiger charge is 2.37. The molecule has 0 aliphatic heterocycles. The van der Waals surface area contributed by atoms with E-state index in [0.29, 0.717) is 22.6 Å². The Hall–Kier alpha value is -2.12. The van der Waals surface area contributed by atoms with Crippen LogP contribution < -0.4 is 4.72 Å². The van der Waals surface area contributed by atoms with E-state index in [1.165, 1.54) is 6.07 Å². The maximum absolute atomic E-state index is 12.6. The summed E-state index contributed by atoms with van der Waals surface area (Å²) < 4.78 is 33.1. The average Bonchev–Trinajstić information content (AvgIpc) is 3.00. The lowest BCUT2D eigenvalue weighted by Gasteiger charge is -2.14. The van der Waals surface area contributed by atoms with Gasteiger partial charge in [0.25, 0.3) is 0 Å². The van der Waals surface area contributed by atoms with Crippen molar-refractivity contribution in [3.63, 3.8) is 0 Å². The zero-order valence-corrected chi connectivity index (χ0v) is 13.6. The van der Waals surface area contributed by atoms with Crippen molar-refractivity contribution in [3.05, 3.63) is 53.0 Å². The van der Waals surface area contributed by atoms with E-state index in [4.69, 9.17) is 4.42 Å². The van der Waals surface area contributed by atoms with Crippen molar-refractivity contribution in [2.24, 2.45) is 0 Å². The number of sulfonamides is 1. The first-order valence-corrected chi connectivity index (χ1v) is 8.69. The van der Waals surface area contributed by atoms with E-state index in [-0.39, 0.29) is 11.3 Å². The van der Waals surface area contributed by atoms with Crippen LogP contribution in [0.4, 0.5) is 0 Å². The SMILES string of the molecule is Cc1cc(S(=O)(=O)N[C@@H]2C[C@H](C(=O)O)c3ccccc32)c(C)o1. The van der Waals surface area contributed by atoms with Gasteiger partial charge in [-0.15, -0.1) is 0 Å². The van der Waals surface area contributed by atoms with E-state index < -0.39 is 28.0 Å². The Kier molecular flexibility index (Phi) is 3.77. The summed E-state index contributed by atoms with van der Waals surface area (Å²) in [6.07, 6.45) is 0.198. The minimum atomic E-state index is -3.78. The fraction of sp³-hybridized carbons (Fsp3) is 0.312. The third kappa shape index (κ3) is 2.77. The Balaban J connectivity index is 1.95. The molecule has 0 saturated heterocycles. The van der Waals surface area contributed by atoms with Crippen molar-refractivity contribution in [3.8, 4) is 0 Å². The number of hydrogen-bond donors (Lipinski definition) is 2. The van der Waals surface area contributed by atoms with E-state index >= 15 is 0 Å². The van der Waals surface area contributed by atoms with Crippen LogP contribution in [-0.4, -0.2) is 19.5 Å². The van der Waals surface area contributed by atoms with Crippen molar-refractivity contribution in [1.82, 2.24) is 4.72 Å². The maximum Gasteiger partial charge on any atom is 0.311 e. The molecule has 2 atom stereocenters. The Bertz CT molecular complexity index is 868. The molecular weight excluding hydrogens is 318 g/mol.